The molecular weight excluding hydrogens is 252 g/mol. The van der Waals surface area contributed by atoms with Gasteiger partial charge in [0.15, 0.2) is 6.19 Å². The van der Waals surface area contributed by atoms with Crippen LogP contribution in [0, 0.1) is 11.5 Å². The van der Waals surface area contributed by atoms with E-state index < -0.39 is 0 Å². The molecule has 100 valence electrons. The smallest absolute Gasteiger partial charge is 0.176 e. The Bertz CT molecular complexity index is 676. The minimum Gasteiger partial charge on any atom is -0.497 e. The largest absolute Gasteiger partial charge is 0.497 e. The second-order valence-electron chi connectivity index (χ2n) is 4.55. The van der Waals surface area contributed by atoms with E-state index >= 15 is 0 Å². The highest BCUT2D eigenvalue weighted by Gasteiger charge is 2.26. The van der Waals surface area contributed by atoms with Crippen LogP contribution in [-0.2, 0) is 0 Å². The molecule has 0 aliphatic carbocycles. The quantitative estimate of drug-likeness (QED) is 0.685. The third-order valence-corrected chi connectivity index (χ3v) is 3.42. The lowest BCUT2D eigenvalue weighted by Crippen LogP contribution is -2.24. The molecule has 2 aromatic rings. The van der Waals surface area contributed by atoms with E-state index in [1.54, 1.807) is 7.11 Å². The van der Waals surface area contributed by atoms with Crippen molar-refractivity contribution >= 4 is 0 Å². The van der Waals surface area contributed by atoms with Gasteiger partial charge >= 0.3 is 0 Å². The van der Waals surface area contributed by atoms with Crippen LogP contribution in [0.25, 0.3) is 11.1 Å². The van der Waals surface area contributed by atoms with Crippen molar-refractivity contribution in [3.8, 4) is 28.8 Å². The summed E-state index contributed by atoms with van der Waals surface area (Å²) in [4.78, 5) is 0. The minimum atomic E-state index is -0.199. The zero-order valence-corrected chi connectivity index (χ0v) is 11.1. The average Bonchev–Trinajstić information content (AvgIpc) is 2.52. The molecule has 0 saturated heterocycles. The number of rotatable bonds is 3. The van der Waals surface area contributed by atoms with E-state index in [4.69, 9.17) is 14.7 Å². The lowest BCUT2D eigenvalue weighted by atomic mass is 9.92. The van der Waals surface area contributed by atoms with E-state index in [0.717, 1.165) is 28.2 Å². The highest BCUT2D eigenvalue weighted by Crippen LogP contribution is 2.43. The summed E-state index contributed by atoms with van der Waals surface area (Å²) in [7, 11) is 1.64. The van der Waals surface area contributed by atoms with Crippen LogP contribution in [0.4, 0.5) is 0 Å². The number of ether oxygens (including phenoxy) is 2. The number of fused-ring (bicyclic) bond motifs is 3. The van der Waals surface area contributed by atoms with Crippen LogP contribution >= 0.6 is 0 Å². The van der Waals surface area contributed by atoms with Crippen LogP contribution in [0.5, 0.6) is 11.5 Å². The molecule has 4 heteroatoms. The van der Waals surface area contributed by atoms with Crippen LogP contribution in [0.15, 0.2) is 42.5 Å². The van der Waals surface area contributed by atoms with Crippen LogP contribution < -0.4 is 14.8 Å². The highest BCUT2D eigenvalue weighted by molar-refractivity contribution is 5.76. The van der Waals surface area contributed by atoms with Crippen LogP contribution in [0.3, 0.4) is 0 Å². The Hall–Kier alpha value is -2.67. The van der Waals surface area contributed by atoms with E-state index in [9.17, 15) is 0 Å². The van der Waals surface area contributed by atoms with Gasteiger partial charge in [0.1, 0.15) is 17.6 Å². The molecule has 3 rings (SSSR count). The van der Waals surface area contributed by atoms with Crippen LogP contribution in [-0.4, -0.2) is 13.7 Å². The van der Waals surface area contributed by atoms with Gasteiger partial charge < -0.3 is 14.8 Å². The number of hydrogen-bond acceptors (Lipinski definition) is 4. The molecule has 0 radical (unpaired) electrons. The lowest BCUT2D eigenvalue weighted by molar-refractivity contribution is 0.203. The first-order chi connectivity index (χ1) is 9.83. The first-order valence-corrected chi connectivity index (χ1v) is 6.39. The van der Waals surface area contributed by atoms with Crippen molar-refractivity contribution < 1.29 is 9.47 Å². The number of benzene rings is 2. The second kappa shape index (κ2) is 5.14. The molecule has 1 N–H and O–H groups in total. The Labute approximate surface area is 117 Å². The van der Waals surface area contributed by atoms with Crippen molar-refractivity contribution in [2.24, 2.45) is 0 Å². The van der Waals surface area contributed by atoms with E-state index in [1.807, 2.05) is 48.7 Å². The van der Waals surface area contributed by atoms with Gasteiger partial charge in [0.05, 0.1) is 13.7 Å². The normalized spacial score (nSPS) is 15.3. The Morgan fingerprint density at radius 1 is 1.25 bits per heavy atom. The number of nitriles is 1. The van der Waals surface area contributed by atoms with Gasteiger partial charge in [0, 0.05) is 11.1 Å². The second-order valence-corrected chi connectivity index (χ2v) is 4.55. The summed E-state index contributed by atoms with van der Waals surface area (Å²) >= 11 is 0. The molecule has 0 saturated carbocycles. The topological polar surface area (TPSA) is 54.3 Å². The SMILES string of the molecule is COc1ccc2c(c1)C(CNC#N)Oc1ccccc1-2. The highest BCUT2D eigenvalue weighted by atomic mass is 16.5. The van der Waals surface area contributed by atoms with Gasteiger partial charge in [-0.2, -0.15) is 5.26 Å². The Morgan fingerprint density at radius 2 is 2.10 bits per heavy atom. The molecule has 1 atom stereocenters. The molecule has 0 amide bonds. The standard InChI is InChI=1S/C16H14N2O2/c1-19-11-6-7-12-13-4-2-3-5-15(13)20-16(9-18-10-17)14(12)8-11/h2-8,16,18H,9H2,1H3. The maximum atomic E-state index is 8.70. The first-order valence-electron chi connectivity index (χ1n) is 6.39. The van der Waals surface area contributed by atoms with Gasteiger partial charge in [0.2, 0.25) is 0 Å². The van der Waals surface area contributed by atoms with Gasteiger partial charge in [-0.05, 0) is 23.8 Å². The summed E-state index contributed by atoms with van der Waals surface area (Å²) in [6.45, 7) is 0.436. The monoisotopic (exact) mass is 266 g/mol. The minimum absolute atomic E-state index is 0.199. The molecule has 2 aromatic carbocycles. The van der Waals surface area contributed by atoms with E-state index in [1.165, 1.54) is 0 Å². The number of methoxy groups -OCH3 is 1. The molecule has 1 aliphatic heterocycles. The third kappa shape index (κ3) is 2.04. The summed E-state index contributed by atoms with van der Waals surface area (Å²) in [5.74, 6) is 1.63. The number of para-hydroxylation sites is 1. The predicted octanol–water partition coefficient (Wildman–Crippen LogP) is 2.87. The van der Waals surface area contributed by atoms with Crippen molar-refractivity contribution in [3.63, 3.8) is 0 Å². The number of nitrogens with one attached hydrogen (secondary N) is 1. The predicted molar refractivity (Wildman–Crippen MR) is 75.4 cm³/mol. The molecule has 1 aliphatic rings. The Balaban J connectivity index is 2.10. The van der Waals surface area contributed by atoms with Crippen LogP contribution in [0.2, 0.25) is 0 Å². The van der Waals surface area contributed by atoms with Crippen molar-refractivity contribution in [3.05, 3.63) is 48.0 Å². The molecule has 4 nitrogen and oxygen atoms in total. The van der Waals surface area contributed by atoms with Crippen LogP contribution in [0.1, 0.15) is 11.7 Å². The first kappa shape index (κ1) is 12.4. The molecule has 0 aromatic heterocycles. The van der Waals surface area contributed by atoms with Crippen molar-refractivity contribution in [2.75, 3.05) is 13.7 Å². The molecule has 1 heterocycles. The average molecular weight is 266 g/mol. The number of hydrogen-bond donors (Lipinski definition) is 1. The fourth-order valence-electron chi connectivity index (χ4n) is 2.48. The van der Waals surface area contributed by atoms with Crippen molar-refractivity contribution in [1.29, 1.82) is 5.26 Å². The molecule has 20 heavy (non-hydrogen) atoms. The molecule has 0 spiro atoms. The zero-order valence-electron chi connectivity index (χ0n) is 11.1. The summed E-state index contributed by atoms with van der Waals surface area (Å²) in [6.07, 6.45) is 1.74. The zero-order chi connectivity index (χ0) is 13.9. The van der Waals surface area contributed by atoms with Gasteiger partial charge in [0.25, 0.3) is 0 Å². The lowest BCUT2D eigenvalue weighted by Gasteiger charge is -2.28. The molecule has 0 fully saturated rings. The van der Waals surface area contributed by atoms with Gasteiger partial charge in [-0.15, -0.1) is 0 Å². The fourth-order valence-corrected chi connectivity index (χ4v) is 2.48. The Kier molecular flexibility index (Phi) is 3.18. The molecular formula is C16H14N2O2. The number of nitrogens with zero attached hydrogens (tertiary/aromatic N) is 1. The van der Waals surface area contributed by atoms with Crippen molar-refractivity contribution in [2.45, 2.75) is 6.10 Å². The summed E-state index contributed by atoms with van der Waals surface area (Å²) in [5.41, 5.74) is 3.22. The van der Waals surface area contributed by atoms with E-state index in [0.29, 0.717) is 6.54 Å². The molecule has 1 unspecified atom stereocenters. The summed E-state index contributed by atoms with van der Waals surface area (Å²) in [6, 6.07) is 13.9. The van der Waals surface area contributed by atoms with E-state index in [-0.39, 0.29) is 6.10 Å². The van der Waals surface area contributed by atoms with Crippen molar-refractivity contribution in [1.82, 2.24) is 5.32 Å². The summed E-state index contributed by atoms with van der Waals surface area (Å²) in [5, 5.41) is 11.4. The molecule has 0 bridgehead atoms. The van der Waals surface area contributed by atoms with Gasteiger partial charge in [-0.25, -0.2) is 0 Å². The van der Waals surface area contributed by atoms with E-state index in [2.05, 4.69) is 5.32 Å². The Morgan fingerprint density at radius 3 is 2.90 bits per heavy atom. The maximum absolute atomic E-state index is 8.70. The third-order valence-electron chi connectivity index (χ3n) is 3.42. The fraction of sp³-hybridized carbons (Fsp3) is 0.188. The maximum Gasteiger partial charge on any atom is 0.176 e. The van der Waals surface area contributed by atoms with Gasteiger partial charge in [-0.1, -0.05) is 24.3 Å². The summed E-state index contributed by atoms with van der Waals surface area (Å²) < 4.78 is 11.3. The van der Waals surface area contributed by atoms with Gasteiger partial charge in [-0.3, -0.25) is 0 Å².